The summed E-state index contributed by atoms with van der Waals surface area (Å²) in [6.45, 7) is -0.195. The van der Waals surface area contributed by atoms with Gasteiger partial charge in [-0.2, -0.15) is 5.10 Å². The van der Waals surface area contributed by atoms with Gasteiger partial charge < -0.3 is 15.8 Å². The third kappa shape index (κ3) is 5.71. The van der Waals surface area contributed by atoms with Crippen LogP contribution in [0.25, 0.3) is 0 Å². The van der Waals surface area contributed by atoms with Crippen LogP contribution in [0.1, 0.15) is 31.2 Å². The molecule has 1 saturated carbocycles. The molecule has 1 aromatic carbocycles. The molecule has 8 heteroatoms. The van der Waals surface area contributed by atoms with E-state index in [4.69, 9.17) is 10.5 Å². The van der Waals surface area contributed by atoms with Crippen molar-refractivity contribution in [3.8, 4) is 5.75 Å². The van der Waals surface area contributed by atoms with Gasteiger partial charge in [0.15, 0.2) is 6.61 Å². The largest absolute Gasteiger partial charge is 0.484 e. The molecule has 0 aliphatic heterocycles. The Kier molecular flexibility index (Phi) is 6.30. The molecular formula is C16H20N4O4. The number of nitrogens with one attached hydrogen (secondary N) is 2. The molecule has 8 nitrogen and oxygen atoms in total. The van der Waals surface area contributed by atoms with Gasteiger partial charge >= 0.3 is 11.8 Å². The van der Waals surface area contributed by atoms with Crippen molar-refractivity contribution < 1.29 is 19.1 Å². The predicted octanol–water partition coefficient (Wildman–Crippen LogP) is 0.0596. The van der Waals surface area contributed by atoms with Gasteiger partial charge in [-0.3, -0.25) is 14.4 Å². The molecule has 0 unspecified atom stereocenters. The van der Waals surface area contributed by atoms with E-state index in [1.165, 1.54) is 6.21 Å². The summed E-state index contributed by atoms with van der Waals surface area (Å²) in [5, 5.41) is 6.42. The highest BCUT2D eigenvalue weighted by atomic mass is 16.5. The van der Waals surface area contributed by atoms with E-state index in [1.54, 1.807) is 24.3 Å². The molecule has 0 bridgehead atoms. The van der Waals surface area contributed by atoms with Gasteiger partial charge in [0, 0.05) is 6.04 Å². The summed E-state index contributed by atoms with van der Waals surface area (Å²) in [6, 6.07) is 6.73. The van der Waals surface area contributed by atoms with Crippen molar-refractivity contribution in [2.75, 3.05) is 6.61 Å². The number of primary amides is 1. The average molecular weight is 332 g/mol. The number of carbonyl (C=O) groups is 3. The van der Waals surface area contributed by atoms with Crippen molar-refractivity contribution in [3.63, 3.8) is 0 Å². The van der Waals surface area contributed by atoms with Gasteiger partial charge in [0.05, 0.1) is 6.21 Å². The molecule has 2 rings (SSSR count). The summed E-state index contributed by atoms with van der Waals surface area (Å²) in [4.78, 5) is 33.9. The second-order valence-corrected chi connectivity index (χ2v) is 5.48. The zero-order valence-electron chi connectivity index (χ0n) is 13.2. The third-order valence-electron chi connectivity index (χ3n) is 3.54. The van der Waals surface area contributed by atoms with Crippen LogP contribution in [0.15, 0.2) is 29.4 Å². The summed E-state index contributed by atoms with van der Waals surface area (Å²) in [5.74, 6) is -1.53. The Morgan fingerprint density at radius 1 is 1.17 bits per heavy atom. The van der Waals surface area contributed by atoms with Gasteiger partial charge in [0.1, 0.15) is 5.75 Å². The number of nitrogens with zero attached hydrogens (tertiary/aromatic N) is 1. The maximum absolute atomic E-state index is 11.7. The summed E-state index contributed by atoms with van der Waals surface area (Å²) < 4.78 is 5.12. The van der Waals surface area contributed by atoms with E-state index in [9.17, 15) is 14.4 Å². The molecule has 1 aromatic rings. The van der Waals surface area contributed by atoms with Crippen LogP contribution in [0.3, 0.4) is 0 Å². The quantitative estimate of drug-likeness (QED) is 0.387. The molecule has 4 N–H and O–H groups in total. The highest BCUT2D eigenvalue weighted by Gasteiger charge is 2.20. The number of hydrogen-bond donors (Lipinski definition) is 3. The Hall–Kier alpha value is -2.90. The maximum atomic E-state index is 11.7. The topological polar surface area (TPSA) is 123 Å². The van der Waals surface area contributed by atoms with Crippen LogP contribution in [0, 0.1) is 0 Å². The monoisotopic (exact) mass is 332 g/mol. The van der Waals surface area contributed by atoms with E-state index in [1.807, 2.05) is 0 Å². The number of carbonyl (C=O) groups excluding carboxylic acids is 3. The lowest BCUT2D eigenvalue weighted by atomic mass is 10.2. The molecule has 1 aliphatic carbocycles. The van der Waals surface area contributed by atoms with Crippen LogP contribution in [0.4, 0.5) is 0 Å². The minimum Gasteiger partial charge on any atom is -0.484 e. The van der Waals surface area contributed by atoms with Gasteiger partial charge in [-0.15, -0.1) is 0 Å². The molecule has 0 heterocycles. The van der Waals surface area contributed by atoms with Gasteiger partial charge in [0.25, 0.3) is 5.91 Å². The average Bonchev–Trinajstić information content (AvgIpc) is 3.07. The second kappa shape index (κ2) is 8.66. The first-order valence-electron chi connectivity index (χ1n) is 7.69. The molecule has 24 heavy (non-hydrogen) atoms. The normalized spacial score (nSPS) is 14.5. The lowest BCUT2D eigenvalue weighted by Crippen LogP contribution is -2.42. The molecule has 0 spiro atoms. The van der Waals surface area contributed by atoms with Gasteiger partial charge in [-0.1, -0.05) is 12.8 Å². The second-order valence-electron chi connectivity index (χ2n) is 5.48. The fourth-order valence-electron chi connectivity index (χ4n) is 2.34. The summed E-state index contributed by atoms with van der Waals surface area (Å²) in [6.07, 6.45) is 5.37. The Labute approximate surface area is 139 Å². The Morgan fingerprint density at radius 3 is 2.46 bits per heavy atom. The molecule has 1 fully saturated rings. The summed E-state index contributed by atoms with van der Waals surface area (Å²) in [5.41, 5.74) is 7.86. The number of amides is 3. The zero-order chi connectivity index (χ0) is 17.4. The number of nitrogens with two attached hydrogens (primary N) is 1. The number of hydrogen-bond acceptors (Lipinski definition) is 5. The minimum atomic E-state index is -0.792. The smallest absolute Gasteiger partial charge is 0.329 e. The highest BCUT2D eigenvalue weighted by Crippen LogP contribution is 2.17. The van der Waals surface area contributed by atoms with E-state index in [2.05, 4.69) is 15.8 Å². The minimum absolute atomic E-state index is 0.0835. The third-order valence-corrected chi connectivity index (χ3v) is 3.54. The van der Waals surface area contributed by atoms with Crippen LogP contribution in [-0.4, -0.2) is 36.6 Å². The molecule has 3 amide bonds. The highest BCUT2D eigenvalue weighted by molar-refractivity contribution is 6.35. The number of rotatable bonds is 6. The van der Waals surface area contributed by atoms with Crippen molar-refractivity contribution >= 4 is 23.9 Å². The number of hydrazone groups is 1. The standard InChI is InChI=1S/C16H20N4O4/c17-14(21)10-24-13-7-5-11(6-8-13)9-18-20-16(23)15(22)19-12-3-1-2-4-12/h5-9,12H,1-4,10H2,(H2,17,21)(H,19,22)(H,20,23)/b18-9-. The van der Waals surface area contributed by atoms with Gasteiger partial charge in [0.2, 0.25) is 0 Å². The fraction of sp³-hybridized carbons (Fsp3) is 0.375. The van der Waals surface area contributed by atoms with E-state index in [0.29, 0.717) is 11.3 Å². The molecule has 0 atom stereocenters. The fourth-order valence-corrected chi connectivity index (χ4v) is 2.34. The van der Waals surface area contributed by atoms with Crippen molar-refractivity contribution in [1.29, 1.82) is 0 Å². The van der Waals surface area contributed by atoms with Gasteiger partial charge in [-0.05, 0) is 42.7 Å². The molecular weight excluding hydrogens is 312 g/mol. The summed E-state index contributed by atoms with van der Waals surface area (Å²) in [7, 11) is 0. The summed E-state index contributed by atoms with van der Waals surface area (Å²) >= 11 is 0. The lowest BCUT2D eigenvalue weighted by molar-refractivity contribution is -0.139. The number of benzene rings is 1. The maximum Gasteiger partial charge on any atom is 0.329 e. The molecule has 0 aromatic heterocycles. The Bertz CT molecular complexity index is 621. The van der Waals surface area contributed by atoms with E-state index >= 15 is 0 Å². The SMILES string of the molecule is NC(=O)COc1ccc(/C=N\NC(=O)C(=O)NC2CCCC2)cc1. The van der Waals surface area contributed by atoms with Crippen molar-refractivity contribution in [3.05, 3.63) is 29.8 Å². The Balaban J connectivity index is 1.76. The van der Waals surface area contributed by atoms with Crippen LogP contribution in [-0.2, 0) is 14.4 Å². The first-order chi connectivity index (χ1) is 11.5. The van der Waals surface area contributed by atoms with Crippen LogP contribution < -0.4 is 21.2 Å². The molecule has 1 aliphatic rings. The van der Waals surface area contributed by atoms with E-state index in [0.717, 1.165) is 25.7 Å². The van der Waals surface area contributed by atoms with Crippen LogP contribution in [0.5, 0.6) is 5.75 Å². The molecule has 0 saturated heterocycles. The van der Waals surface area contributed by atoms with Crippen LogP contribution >= 0.6 is 0 Å². The first-order valence-corrected chi connectivity index (χ1v) is 7.69. The lowest BCUT2D eigenvalue weighted by Gasteiger charge is -2.10. The molecule has 128 valence electrons. The van der Waals surface area contributed by atoms with Crippen molar-refractivity contribution in [2.24, 2.45) is 10.8 Å². The van der Waals surface area contributed by atoms with Crippen molar-refractivity contribution in [1.82, 2.24) is 10.7 Å². The first kappa shape index (κ1) is 17.5. The van der Waals surface area contributed by atoms with Crippen LogP contribution in [0.2, 0.25) is 0 Å². The van der Waals surface area contributed by atoms with Gasteiger partial charge in [-0.25, -0.2) is 5.43 Å². The van der Waals surface area contributed by atoms with Crippen molar-refractivity contribution in [2.45, 2.75) is 31.7 Å². The zero-order valence-corrected chi connectivity index (χ0v) is 13.2. The van der Waals surface area contributed by atoms with E-state index in [-0.39, 0.29) is 12.6 Å². The molecule has 0 radical (unpaired) electrons. The van der Waals surface area contributed by atoms with E-state index < -0.39 is 17.7 Å². The number of ether oxygens (including phenoxy) is 1. The predicted molar refractivity (Wildman–Crippen MR) is 87.3 cm³/mol. The Morgan fingerprint density at radius 2 is 1.83 bits per heavy atom.